The topological polar surface area (TPSA) is 164 Å². The molecule has 1 aromatic carbocycles. The first-order valence-electron chi connectivity index (χ1n) is 13.3. The second kappa shape index (κ2) is 15.1. The number of ketones is 1. The molecule has 2 rings (SSSR count). The van der Waals surface area contributed by atoms with Gasteiger partial charge < -0.3 is 25.0 Å². The van der Waals surface area contributed by atoms with E-state index in [0.717, 1.165) is 6.42 Å². The Morgan fingerprint density at radius 3 is 2.38 bits per heavy atom. The van der Waals surface area contributed by atoms with E-state index in [9.17, 15) is 24.3 Å². The number of ether oxygens (including phenoxy) is 1. The number of methoxy groups -OCH3 is 1. The minimum Gasteiger partial charge on any atom is -0.496 e. The zero-order valence-electron chi connectivity index (χ0n) is 24.3. The first kappa shape index (κ1) is 32.4. The summed E-state index contributed by atoms with van der Waals surface area (Å²) in [5, 5.41) is 18.4. The van der Waals surface area contributed by atoms with Crippen LogP contribution in [0.2, 0.25) is 0 Å². The molecule has 1 heterocycles. The van der Waals surface area contributed by atoms with E-state index in [4.69, 9.17) is 9.26 Å². The fourth-order valence-corrected chi connectivity index (χ4v) is 4.01. The number of aryl methyl sites for hydroxylation is 1. The largest absolute Gasteiger partial charge is 0.496 e. The van der Waals surface area contributed by atoms with Crippen molar-refractivity contribution < 1.29 is 33.5 Å². The highest BCUT2D eigenvalue weighted by molar-refractivity contribution is 5.95. The van der Waals surface area contributed by atoms with Crippen molar-refractivity contribution in [2.24, 2.45) is 11.8 Å². The van der Waals surface area contributed by atoms with Gasteiger partial charge in [0.1, 0.15) is 11.8 Å². The Bertz CT molecular complexity index is 1180. The second-order valence-electron chi connectivity index (χ2n) is 10.7. The highest BCUT2D eigenvalue weighted by atomic mass is 16.5. The van der Waals surface area contributed by atoms with Crippen LogP contribution in [0.15, 0.2) is 22.7 Å². The van der Waals surface area contributed by atoms with Gasteiger partial charge in [0.05, 0.1) is 32.5 Å². The number of carbonyl (C=O) groups excluding carboxylic acids is 3. The quantitative estimate of drug-likeness (QED) is 0.278. The number of nitrogens with one attached hydrogen (secondary N) is 2. The number of carboxylic acid groups (broad SMARTS) is 1. The van der Waals surface area contributed by atoms with Crippen molar-refractivity contribution >= 4 is 23.6 Å². The van der Waals surface area contributed by atoms with E-state index in [-0.39, 0.29) is 18.9 Å². The van der Waals surface area contributed by atoms with Gasteiger partial charge in [-0.1, -0.05) is 32.9 Å². The van der Waals surface area contributed by atoms with Crippen LogP contribution in [0, 0.1) is 18.8 Å². The van der Waals surface area contributed by atoms with Gasteiger partial charge >= 0.3 is 5.97 Å². The molecule has 1 unspecified atom stereocenters. The van der Waals surface area contributed by atoms with Crippen LogP contribution in [-0.2, 0) is 25.6 Å². The number of likely N-dealkylation sites (N-methyl/N-ethyl adjacent to an activating group) is 1. The van der Waals surface area contributed by atoms with E-state index in [2.05, 4.69) is 34.6 Å². The maximum atomic E-state index is 13.2. The van der Waals surface area contributed by atoms with Gasteiger partial charge in [-0.2, -0.15) is 4.98 Å². The zero-order valence-corrected chi connectivity index (χ0v) is 24.3. The number of Topliss-reactive ketones (excluding diaryl/α,β-unsaturated/α-hetero) is 1. The van der Waals surface area contributed by atoms with Crippen LogP contribution in [0.5, 0.6) is 5.75 Å². The maximum Gasteiger partial charge on any atom is 0.305 e. The van der Waals surface area contributed by atoms with E-state index in [1.165, 1.54) is 7.11 Å². The molecule has 220 valence electrons. The number of hydrogen-bond acceptors (Lipinski definition) is 9. The molecule has 0 saturated heterocycles. The lowest BCUT2D eigenvalue weighted by atomic mass is 10.0. The molecular weight excluding hydrogens is 518 g/mol. The molecule has 2 amide bonds. The molecule has 0 aliphatic rings. The molecule has 0 aliphatic heterocycles. The van der Waals surface area contributed by atoms with Gasteiger partial charge in [0.15, 0.2) is 11.6 Å². The number of carbonyl (C=O) groups is 4. The van der Waals surface area contributed by atoms with Crippen molar-refractivity contribution in [1.82, 2.24) is 25.7 Å². The molecule has 0 saturated carbocycles. The summed E-state index contributed by atoms with van der Waals surface area (Å²) in [5.41, 5.74) is 1.15. The summed E-state index contributed by atoms with van der Waals surface area (Å²) < 4.78 is 10.6. The predicted molar refractivity (Wildman–Crippen MR) is 148 cm³/mol. The summed E-state index contributed by atoms with van der Waals surface area (Å²) in [5.74, 6) is -1.36. The third kappa shape index (κ3) is 10.1. The lowest BCUT2D eigenvalue weighted by Crippen LogP contribution is -2.55. The molecule has 0 fully saturated rings. The van der Waals surface area contributed by atoms with E-state index < -0.39 is 42.1 Å². The first-order valence-corrected chi connectivity index (χ1v) is 13.3. The van der Waals surface area contributed by atoms with Crippen LogP contribution in [0.25, 0.3) is 11.5 Å². The summed E-state index contributed by atoms with van der Waals surface area (Å²) >= 11 is 0. The number of benzene rings is 1. The number of amides is 2. The van der Waals surface area contributed by atoms with Crippen molar-refractivity contribution in [1.29, 1.82) is 0 Å². The van der Waals surface area contributed by atoms with Crippen LogP contribution < -0.4 is 15.4 Å². The number of aromatic nitrogens is 2. The van der Waals surface area contributed by atoms with Crippen LogP contribution in [0.4, 0.5) is 0 Å². The van der Waals surface area contributed by atoms with Crippen LogP contribution in [0.3, 0.4) is 0 Å². The van der Waals surface area contributed by atoms with Crippen molar-refractivity contribution in [3.63, 3.8) is 0 Å². The molecule has 3 N–H and O–H groups in total. The lowest BCUT2D eigenvalue weighted by molar-refractivity contribution is -0.141. The Kier molecular flexibility index (Phi) is 12.2. The predicted octanol–water partition coefficient (Wildman–Crippen LogP) is 2.24. The van der Waals surface area contributed by atoms with E-state index in [1.54, 1.807) is 46.0 Å². The third-order valence-electron chi connectivity index (χ3n) is 6.27. The van der Waals surface area contributed by atoms with Crippen molar-refractivity contribution in [2.75, 3.05) is 27.2 Å². The van der Waals surface area contributed by atoms with Crippen molar-refractivity contribution in [3.8, 4) is 17.2 Å². The maximum absolute atomic E-state index is 13.2. The Labute approximate surface area is 234 Å². The van der Waals surface area contributed by atoms with Gasteiger partial charge in [-0.3, -0.25) is 24.1 Å². The van der Waals surface area contributed by atoms with E-state index in [1.807, 2.05) is 4.90 Å². The number of rotatable bonds is 16. The normalized spacial score (nSPS) is 12.8. The molecule has 40 heavy (non-hydrogen) atoms. The molecule has 0 bridgehead atoms. The molecule has 2 atom stereocenters. The molecular formula is C28H41N5O7. The lowest BCUT2D eigenvalue weighted by Gasteiger charge is -2.26. The number of hydrogen-bond donors (Lipinski definition) is 3. The average molecular weight is 560 g/mol. The number of nitrogens with zero attached hydrogens (tertiary/aromatic N) is 3. The van der Waals surface area contributed by atoms with Crippen LogP contribution in [-0.4, -0.2) is 83.0 Å². The highest BCUT2D eigenvalue weighted by Gasteiger charge is 2.30. The summed E-state index contributed by atoms with van der Waals surface area (Å²) in [6.45, 7) is 10.0. The molecule has 1 aromatic heterocycles. The number of carboxylic acids is 1. The molecule has 0 spiro atoms. The molecule has 12 heteroatoms. The smallest absolute Gasteiger partial charge is 0.305 e. The van der Waals surface area contributed by atoms with Gasteiger partial charge in [0.2, 0.25) is 11.8 Å². The van der Waals surface area contributed by atoms with Crippen molar-refractivity contribution in [3.05, 3.63) is 29.6 Å². The summed E-state index contributed by atoms with van der Waals surface area (Å²) in [4.78, 5) is 56.6. The van der Waals surface area contributed by atoms with E-state index in [0.29, 0.717) is 41.1 Å². The van der Waals surface area contributed by atoms with Gasteiger partial charge in [-0.15, -0.1) is 0 Å². The van der Waals surface area contributed by atoms with E-state index >= 15 is 0 Å². The molecule has 0 radical (unpaired) electrons. The van der Waals surface area contributed by atoms with Crippen molar-refractivity contribution in [2.45, 2.75) is 66.0 Å². The first-order chi connectivity index (χ1) is 18.8. The monoisotopic (exact) mass is 559 g/mol. The zero-order chi connectivity index (χ0) is 30.0. The van der Waals surface area contributed by atoms with Gasteiger partial charge in [-0.25, -0.2) is 0 Å². The minimum atomic E-state index is -1.22. The average Bonchev–Trinajstić information content (AvgIpc) is 3.31. The standard InChI is InChI=1S/C28H41N5O7/c1-16(2)10-11-33(6)15-22(34)21(14-25(36)37)30-27(38)26(17(3)4)31-24(35)13-20-12-19(8-9-23(20)39-7)28-29-18(5)32-40-28/h8-9,12,16-17,21,26H,10-11,13-15H2,1-7H3,(H,30,38)(H,31,35)(H,36,37)/t21?,26-/m0/s1. The molecule has 2 aromatic rings. The Morgan fingerprint density at radius 1 is 1.12 bits per heavy atom. The van der Waals surface area contributed by atoms with Crippen LogP contribution in [0.1, 0.15) is 51.9 Å². The Hall–Kier alpha value is -3.80. The summed E-state index contributed by atoms with van der Waals surface area (Å²) in [7, 11) is 3.26. The third-order valence-corrected chi connectivity index (χ3v) is 6.27. The second-order valence-corrected chi connectivity index (χ2v) is 10.7. The fraction of sp³-hybridized carbons (Fsp3) is 0.571. The number of aliphatic carboxylic acids is 1. The fourth-order valence-electron chi connectivity index (χ4n) is 4.01. The molecule has 12 nitrogen and oxygen atoms in total. The van der Waals surface area contributed by atoms with Gasteiger partial charge in [0, 0.05) is 11.1 Å². The Balaban J connectivity index is 2.13. The Morgan fingerprint density at radius 2 is 1.82 bits per heavy atom. The van der Waals surface area contributed by atoms with Gasteiger partial charge in [-0.05, 0) is 57.0 Å². The van der Waals surface area contributed by atoms with Crippen LogP contribution >= 0.6 is 0 Å². The highest BCUT2D eigenvalue weighted by Crippen LogP contribution is 2.26. The summed E-state index contributed by atoms with van der Waals surface area (Å²) in [6.07, 6.45) is 0.211. The molecule has 0 aliphatic carbocycles. The minimum absolute atomic E-state index is 0.000638. The van der Waals surface area contributed by atoms with Gasteiger partial charge in [0.25, 0.3) is 5.89 Å². The summed E-state index contributed by atoms with van der Waals surface area (Å²) in [6, 6.07) is 2.90. The SMILES string of the molecule is COc1ccc(-c2nc(C)no2)cc1CC(=O)N[C@H](C(=O)NC(CC(=O)O)C(=O)CN(C)CCC(C)C)C(C)C.